The van der Waals surface area contributed by atoms with Gasteiger partial charge in [0.15, 0.2) is 5.13 Å². The summed E-state index contributed by atoms with van der Waals surface area (Å²) in [6, 6.07) is 9.32. The van der Waals surface area contributed by atoms with E-state index in [9.17, 15) is 4.79 Å². The van der Waals surface area contributed by atoms with E-state index in [1.807, 2.05) is 25.1 Å². The first-order valence-corrected chi connectivity index (χ1v) is 9.94. The van der Waals surface area contributed by atoms with Crippen LogP contribution < -0.4 is 5.32 Å². The molecule has 0 spiro atoms. The molecule has 8 heteroatoms. The van der Waals surface area contributed by atoms with Gasteiger partial charge in [0.25, 0.3) is 5.91 Å². The van der Waals surface area contributed by atoms with E-state index in [0.29, 0.717) is 30.5 Å². The molecule has 1 amide bonds. The summed E-state index contributed by atoms with van der Waals surface area (Å²) in [7, 11) is 0. The van der Waals surface area contributed by atoms with Crippen molar-refractivity contribution in [1.29, 1.82) is 0 Å². The summed E-state index contributed by atoms with van der Waals surface area (Å²) in [4.78, 5) is 17.5. The summed E-state index contributed by atoms with van der Waals surface area (Å²) in [6.07, 6.45) is 0. The summed E-state index contributed by atoms with van der Waals surface area (Å²) >= 11 is 21.3. The van der Waals surface area contributed by atoms with Crippen LogP contribution in [0, 0.1) is 6.92 Å². The summed E-state index contributed by atoms with van der Waals surface area (Å²) in [5.41, 5.74) is 2.00. The van der Waals surface area contributed by atoms with Crippen molar-refractivity contribution in [2.45, 2.75) is 6.92 Å². The molecule has 4 aromatic rings. The van der Waals surface area contributed by atoms with Gasteiger partial charge in [0.05, 0.1) is 20.3 Å². The minimum atomic E-state index is -0.311. The smallest absolute Gasteiger partial charge is 0.269 e. The average Bonchev–Trinajstić information content (AvgIpc) is 3.07. The second-order valence-corrected chi connectivity index (χ2v) is 8.75. The van der Waals surface area contributed by atoms with Gasteiger partial charge in [-0.15, -0.1) is 11.3 Å². The molecule has 0 aliphatic rings. The molecule has 0 unspecified atom stereocenters. The van der Waals surface area contributed by atoms with Gasteiger partial charge in [-0.25, -0.2) is 4.98 Å². The van der Waals surface area contributed by atoms with E-state index in [0.717, 1.165) is 20.5 Å². The number of nitrogens with one attached hydrogen (secondary N) is 1. The normalized spacial score (nSPS) is 11.4. The average molecular weight is 428 g/mol. The first-order chi connectivity index (χ1) is 11.9. The number of nitrogens with zero attached hydrogens (tertiary/aromatic N) is 1. The van der Waals surface area contributed by atoms with Crippen molar-refractivity contribution in [1.82, 2.24) is 4.98 Å². The number of benzene rings is 2. The fraction of sp³-hybridized carbons (Fsp3) is 0.0588. The number of carbonyl (C=O) groups excluding carboxylic acids is 1. The van der Waals surface area contributed by atoms with Crippen molar-refractivity contribution in [3.05, 3.63) is 55.8 Å². The molecule has 3 nitrogen and oxygen atoms in total. The number of aryl methyl sites for hydroxylation is 1. The minimum Gasteiger partial charge on any atom is -0.297 e. The number of thiophene rings is 1. The summed E-state index contributed by atoms with van der Waals surface area (Å²) in [6.45, 7) is 2.02. The van der Waals surface area contributed by atoms with E-state index >= 15 is 0 Å². The van der Waals surface area contributed by atoms with Crippen LogP contribution in [0.1, 0.15) is 15.2 Å². The van der Waals surface area contributed by atoms with E-state index in [1.54, 1.807) is 12.1 Å². The number of carbonyl (C=O) groups is 1. The predicted octanol–water partition coefficient (Wildman–Crippen LogP) is 7.03. The molecular weight excluding hydrogens is 419 g/mol. The third-order valence-electron chi connectivity index (χ3n) is 3.62. The predicted molar refractivity (Wildman–Crippen MR) is 109 cm³/mol. The molecule has 0 aliphatic heterocycles. The molecule has 0 bridgehead atoms. The maximum atomic E-state index is 12.6. The van der Waals surface area contributed by atoms with Crippen LogP contribution in [0.15, 0.2) is 30.3 Å². The molecule has 2 aromatic carbocycles. The quantitative estimate of drug-likeness (QED) is 0.373. The van der Waals surface area contributed by atoms with Gasteiger partial charge in [0, 0.05) is 15.1 Å². The van der Waals surface area contributed by atoms with Gasteiger partial charge in [0.1, 0.15) is 4.88 Å². The number of hydrogen-bond acceptors (Lipinski definition) is 4. The molecule has 25 heavy (non-hydrogen) atoms. The number of amides is 1. The Balaban J connectivity index is 1.71. The zero-order chi connectivity index (χ0) is 17.7. The Morgan fingerprint density at radius 1 is 1.08 bits per heavy atom. The van der Waals surface area contributed by atoms with Crippen molar-refractivity contribution in [2.24, 2.45) is 0 Å². The number of aromatic nitrogens is 1. The second-order valence-electron chi connectivity index (χ2n) is 5.45. The second kappa shape index (κ2) is 6.41. The highest BCUT2D eigenvalue weighted by atomic mass is 35.5. The zero-order valence-electron chi connectivity index (χ0n) is 12.7. The van der Waals surface area contributed by atoms with Crippen molar-refractivity contribution in [3.8, 4) is 0 Å². The molecule has 0 atom stereocenters. The number of hydrogen-bond donors (Lipinski definition) is 1. The fourth-order valence-corrected chi connectivity index (χ4v) is 5.73. The summed E-state index contributed by atoms with van der Waals surface area (Å²) in [5.74, 6) is -0.311. The maximum absolute atomic E-state index is 12.6. The van der Waals surface area contributed by atoms with E-state index in [2.05, 4.69) is 10.3 Å². The van der Waals surface area contributed by atoms with Crippen LogP contribution >= 0.6 is 57.5 Å². The van der Waals surface area contributed by atoms with E-state index in [-0.39, 0.29) is 5.91 Å². The topological polar surface area (TPSA) is 42.0 Å². The molecule has 2 heterocycles. The van der Waals surface area contributed by atoms with E-state index in [1.165, 1.54) is 22.7 Å². The first-order valence-electron chi connectivity index (χ1n) is 7.18. The van der Waals surface area contributed by atoms with Crippen LogP contribution in [-0.2, 0) is 0 Å². The molecular formula is C17H9Cl3N2OS2. The van der Waals surface area contributed by atoms with Crippen molar-refractivity contribution < 1.29 is 4.79 Å². The maximum Gasteiger partial charge on any atom is 0.269 e. The SMILES string of the molecule is Cc1ccc2nc(NC(=O)c3sc4cc(Cl)cc(Cl)c4c3Cl)sc2c1. The van der Waals surface area contributed by atoms with E-state index in [4.69, 9.17) is 34.8 Å². The lowest BCUT2D eigenvalue weighted by Crippen LogP contribution is -2.10. The summed E-state index contributed by atoms with van der Waals surface area (Å²) < 4.78 is 1.79. The van der Waals surface area contributed by atoms with Crippen LogP contribution in [-0.4, -0.2) is 10.9 Å². The third kappa shape index (κ3) is 3.11. The van der Waals surface area contributed by atoms with Crippen molar-refractivity contribution in [2.75, 3.05) is 5.32 Å². The molecule has 2 aromatic heterocycles. The number of anilines is 1. The highest BCUT2D eigenvalue weighted by Crippen LogP contribution is 2.41. The Morgan fingerprint density at radius 2 is 1.88 bits per heavy atom. The van der Waals surface area contributed by atoms with Crippen molar-refractivity contribution in [3.63, 3.8) is 0 Å². The van der Waals surface area contributed by atoms with Gasteiger partial charge in [0.2, 0.25) is 0 Å². The Hall–Kier alpha value is -1.37. The van der Waals surface area contributed by atoms with Gasteiger partial charge in [-0.2, -0.15) is 0 Å². The van der Waals surface area contributed by atoms with Gasteiger partial charge in [-0.05, 0) is 36.8 Å². The monoisotopic (exact) mass is 426 g/mol. The first kappa shape index (κ1) is 17.1. The number of halogens is 3. The number of rotatable bonds is 2. The molecule has 4 rings (SSSR count). The number of fused-ring (bicyclic) bond motifs is 2. The largest absolute Gasteiger partial charge is 0.297 e. The van der Waals surface area contributed by atoms with Gasteiger partial charge >= 0.3 is 0 Å². The van der Waals surface area contributed by atoms with Crippen molar-refractivity contribution >= 4 is 88.8 Å². The van der Waals surface area contributed by atoms with Gasteiger partial charge < -0.3 is 0 Å². The van der Waals surface area contributed by atoms with Crippen LogP contribution in [0.4, 0.5) is 5.13 Å². The Labute approximate surface area is 166 Å². The Bertz CT molecular complexity index is 1150. The summed E-state index contributed by atoms with van der Waals surface area (Å²) in [5, 5.41) is 5.26. The lowest BCUT2D eigenvalue weighted by Gasteiger charge is -1.99. The van der Waals surface area contributed by atoms with E-state index < -0.39 is 0 Å². The van der Waals surface area contributed by atoms with Crippen LogP contribution in [0.25, 0.3) is 20.3 Å². The highest BCUT2D eigenvalue weighted by molar-refractivity contribution is 7.23. The van der Waals surface area contributed by atoms with Crippen LogP contribution in [0.2, 0.25) is 15.1 Å². The fourth-order valence-electron chi connectivity index (χ4n) is 2.50. The molecule has 0 saturated heterocycles. The van der Waals surface area contributed by atoms with Crippen LogP contribution in [0.3, 0.4) is 0 Å². The lowest BCUT2D eigenvalue weighted by atomic mass is 10.2. The molecule has 0 fully saturated rings. The third-order valence-corrected chi connectivity index (χ3v) is 6.70. The number of thiazole rings is 1. The lowest BCUT2D eigenvalue weighted by molar-refractivity contribution is 0.103. The minimum absolute atomic E-state index is 0.311. The zero-order valence-corrected chi connectivity index (χ0v) is 16.6. The van der Waals surface area contributed by atoms with Gasteiger partial charge in [-0.3, -0.25) is 10.1 Å². The Kier molecular flexibility index (Phi) is 4.38. The molecule has 0 aliphatic carbocycles. The highest BCUT2D eigenvalue weighted by Gasteiger charge is 2.20. The molecule has 1 N–H and O–H groups in total. The Morgan fingerprint density at radius 3 is 2.68 bits per heavy atom. The standard InChI is InChI=1S/C17H9Cl3N2OS2/c1-7-2-3-10-11(4-7)25-17(21-10)22-16(23)15-14(20)13-9(19)5-8(18)6-12(13)24-15/h2-6H,1H3,(H,21,22,23). The van der Waals surface area contributed by atoms with Crippen LogP contribution in [0.5, 0.6) is 0 Å². The molecule has 0 saturated carbocycles. The molecule has 126 valence electrons. The molecule has 0 radical (unpaired) electrons. The van der Waals surface area contributed by atoms with Gasteiger partial charge in [-0.1, -0.05) is 52.2 Å².